The zero-order valence-corrected chi connectivity index (χ0v) is 14.0. The minimum atomic E-state index is -0.558. The summed E-state index contributed by atoms with van der Waals surface area (Å²) in [4.78, 5) is 49.8. The Morgan fingerprint density at radius 3 is 2.60 bits per heavy atom. The summed E-state index contributed by atoms with van der Waals surface area (Å²) in [5.74, 6) is -0.543. The Labute approximate surface area is 143 Å². The van der Waals surface area contributed by atoms with E-state index in [4.69, 9.17) is 4.74 Å². The Balaban J connectivity index is 2.22. The number of hydrogen-bond acceptors (Lipinski definition) is 5. The highest BCUT2D eigenvalue weighted by atomic mass is 16.5. The molecule has 2 amide bonds. The highest BCUT2D eigenvalue weighted by molar-refractivity contribution is 5.97. The molecule has 9 nitrogen and oxygen atoms in total. The average molecular weight is 348 g/mol. The number of amides is 2. The van der Waals surface area contributed by atoms with Crippen molar-refractivity contribution >= 4 is 22.7 Å². The van der Waals surface area contributed by atoms with Gasteiger partial charge < -0.3 is 20.4 Å². The predicted molar refractivity (Wildman–Crippen MR) is 91.7 cm³/mol. The molecule has 0 aliphatic carbocycles. The number of aromatic nitrogens is 2. The van der Waals surface area contributed by atoms with Crippen molar-refractivity contribution in [1.82, 2.24) is 20.2 Å². The monoisotopic (exact) mass is 348 g/mol. The Hall–Kier alpha value is -2.94. The van der Waals surface area contributed by atoms with E-state index in [0.29, 0.717) is 17.5 Å². The van der Waals surface area contributed by atoms with Crippen LogP contribution in [-0.2, 0) is 16.1 Å². The topological polar surface area (TPSA) is 122 Å². The first kappa shape index (κ1) is 18.4. The van der Waals surface area contributed by atoms with E-state index in [0.717, 1.165) is 4.57 Å². The number of ether oxygens (including phenoxy) is 1. The lowest BCUT2D eigenvalue weighted by molar-refractivity contribution is -0.118. The van der Waals surface area contributed by atoms with Gasteiger partial charge in [-0.05, 0) is 18.2 Å². The number of carbonyl (C=O) groups is 2. The zero-order chi connectivity index (χ0) is 18.4. The van der Waals surface area contributed by atoms with Crippen molar-refractivity contribution in [2.75, 3.05) is 26.8 Å². The van der Waals surface area contributed by atoms with Crippen LogP contribution in [0.2, 0.25) is 0 Å². The number of benzene rings is 1. The maximum Gasteiger partial charge on any atom is 0.328 e. The highest BCUT2D eigenvalue weighted by Gasteiger charge is 2.11. The van der Waals surface area contributed by atoms with Crippen molar-refractivity contribution in [2.45, 2.75) is 13.5 Å². The second-order valence-corrected chi connectivity index (χ2v) is 5.38. The van der Waals surface area contributed by atoms with Gasteiger partial charge in [0.2, 0.25) is 5.91 Å². The molecular weight excluding hydrogens is 328 g/mol. The SMILES string of the molecule is COCCn1c(=O)[nH]c2cc(C(=O)NCCNC(C)=O)ccc2c1=O. The van der Waals surface area contributed by atoms with Gasteiger partial charge in [0.25, 0.3) is 11.5 Å². The fourth-order valence-electron chi connectivity index (χ4n) is 2.30. The van der Waals surface area contributed by atoms with Crippen LogP contribution in [0.1, 0.15) is 17.3 Å². The molecule has 3 N–H and O–H groups in total. The van der Waals surface area contributed by atoms with Gasteiger partial charge in [-0.2, -0.15) is 0 Å². The lowest BCUT2D eigenvalue weighted by Gasteiger charge is -2.08. The van der Waals surface area contributed by atoms with Gasteiger partial charge in [-0.3, -0.25) is 19.0 Å². The molecule has 0 radical (unpaired) electrons. The Morgan fingerprint density at radius 1 is 1.20 bits per heavy atom. The van der Waals surface area contributed by atoms with Gasteiger partial charge in [0.05, 0.1) is 24.1 Å². The molecule has 0 aliphatic heterocycles. The summed E-state index contributed by atoms with van der Waals surface area (Å²) < 4.78 is 5.94. The molecule has 9 heteroatoms. The molecule has 0 aliphatic rings. The molecule has 2 rings (SSSR count). The normalized spacial score (nSPS) is 10.6. The summed E-state index contributed by atoms with van der Waals surface area (Å²) in [7, 11) is 1.48. The fourth-order valence-corrected chi connectivity index (χ4v) is 2.30. The molecule has 1 aromatic heterocycles. The number of H-pyrrole nitrogens is 1. The second kappa shape index (κ2) is 8.25. The number of fused-ring (bicyclic) bond motifs is 1. The molecule has 1 heterocycles. The Kier molecular flexibility index (Phi) is 6.07. The molecule has 0 atom stereocenters. The van der Waals surface area contributed by atoms with Gasteiger partial charge in [-0.15, -0.1) is 0 Å². The third-order valence-corrected chi connectivity index (χ3v) is 3.55. The van der Waals surface area contributed by atoms with E-state index in [1.54, 1.807) is 0 Å². The van der Waals surface area contributed by atoms with Crippen molar-refractivity contribution in [3.05, 3.63) is 44.6 Å². The highest BCUT2D eigenvalue weighted by Crippen LogP contribution is 2.09. The van der Waals surface area contributed by atoms with Gasteiger partial charge in [0.1, 0.15) is 0 Å². The third kappa shape index (κ3) is 4.54. The lowest BCUT2D eigenvalue weighted by Crippen LogP contribution is -2.36. The number of aromatic amines is 1. The van der Waals surface area contributed by atoms with Gasteiger partial charge in [0.15, 0.2) is 0 Å². The number of rotatable bonds is 7. The van der Waals surface area contributed by atoms with Crippen molar-refractivity contribution in [3.8, 4) is 0 Å². The first-order valence-electron chi connectivity index (χ1n) is 7.72. The Morgan fingerprint density at radius 2 is 1.92 bits per heavy atom. The number of methoxy groups -OCH3 is 1. The molecule has 2 aromatic rings. The van der Waals surface area contributed by atoms with Crippen LogP contribution in [0.15, 0.2) is 27.8 Å². The summed E-state index contributed by atoms with van der Waals surface area (Å²) in [6, 6.07) is 4.46. The van der Waals surface area contributed by atoms with E-state index in [9.17, 15) is 19.2 Å². The maximum absolute atomic E-state index is 12.4. The molecular formula is C16H20N4O5. The standard InChI is InChI=1S/C16H20N4O5/c1-10(21)17-5-6-18-14(22)11-3-4-12-13(9-11)19-16(24)20(15(12)23)7-8-25-2/h3-4,9H,5-8H2,1-2H3,(H,17,21)(H,18,22)(H,19,24). The molecule has 0 bridgehead atoms. The molecule has 0 saturated heterocycles. The summed E-state index contributed by atoms with van der Waals surface area (Å²) >= 11 is 0. The van der Waals surface area contributed by atoms with Crippen molar-refractivity contribution in [2.24, 2.45) is 0 Å². The molecule has 25 heavy (non-hydrogen) atoms. The fraction of sp³-hybridized carbons (Fsp3) is 0.375. The van der Waals surface area contributed by atoms with Crippen LogP contribution in [0.5, 0.6) is 0 Å². The van der Waals surface area contributed by atoms with Crippen LogP contribution in [0.3, 0.4) is 0 Å². The minimum absolute atomic E-state index is 0.145. The van der Waals surface area contributed by atoms with E-state index >= 15 is 0 Å². The summed E-state index contributed by atoms with van der Waals surface area (Å²) in [5, 5.41) is 5.52. The Bertz CT molecular complexity index is 900. The van der Waals surface area contributed by atoms with Crippen LogP contribution in [0, 0.1) is 0 Å². The van der Waals surface area contributed by atoms with Gasteiger partial charge in [-0.25, -0.2) is 4.79 Å². The molecule has 0 fully saturated rings. The van der Waals surface area contributed by atoms with Crippen LogP contribution in [0.25, 0.3) is 10.9 Å². The summed E-state index contributed by atoms with van der Waals surface area (Å²) in [6.07, 6.45) is 0. The van der Waals surface area contributed by atoms with E-state index < -0.39 is 11.2 Å². The summed E-state index contributed by atoms with van der Waals surface area (Å²) in [6.45, 7) is 2.36. The van der Waals surface area contributed by atoms with Crippen molar-refractivity contribution < 1.29 is 14.3 Å². The maximum atomic E-state index is 12.4. The lowest BCUT2D eigenvalue weighted by atomic mass is 10.1. The minimum Gasteiger partial charge on any atom is -0.383 e. The molecule has 1 aromatic carbocycles. The van der Waals surface area contributed by atoms with Gasteiger partial charge >= 0.3 is 5.69 Å². The number of hydrogen-bond donors (Lipinski definition) is 3. The first-order chi connectivity index (χ1) is 11.9. The summed E-state index contributed by atoms with van der Waals surface area (Å²) in [5.41, 5.74) is -0.399. The van der Waals surface area contributed by atoms with Crippen LogP contribution in [-0.4, -0.2) is 48.2 Å². The largest absolute Gasteiger partial charge is 0.383 e. The van der Waals surface area contributed by atoms with Gasteiger partial charge in [-0.1, -0.05) is 0 Å². The van der Waals surface area contributed by atoms with Crippen LogP contribution < -0.4 is 21.9 Å². The number of nitrogens with zero attached hydrogens (tertiary/aromatic N) is 1. The third-order valence-electron chi connectivity index (χ3n) is 3.55. The molecule has 0 unspecified atom stereocenters. The van der Waals surface area contributed by atoms with Crippen LogP contribution in [0.4, 0.5) is 0 Å². The number of carbonyl (C=O) groups excluding carboxylic acids is 2. The predicted octanol–water partition coefficient (Wildman–Crippen LogP) is -0.798. The quantitative estimate of drug-likeness (QED) is 0.566. The van der Waals surface area contributed by atoms with Crippen LogP contribution >= 0.6 is 0 Å². The molecule has 0 spiro atoms. The first-order valence-corrected chi connectivity index (χ1v) is 7.72. The van der Waals surface area contributed by atoms with Crippen molar-refractivity contribution in [1.29, 1.82) is 0 Å². The van der Waals surface area contributed by atoms with E-state index in [1.807, 2.05) is 0 Å². The number of nitrogens with one attached hydrogen (secondary N) is 3. The van der Waals surface area contributed by atoms with Gasteiger partial charge in [0, 0.05) is 32.7 Å². The van der Waals surface area contributed by atoms with E-state index in [1.165, 1.54) is 32.2 Å². The smallest absolute Gasteiger partial charge is 0.328 e. The average Bonchev–Trinajstić information content (AvgIpc) is 2.57. The zero-order valence-electron chi connectivity index (χ0n) is 14.0. The van der Waals surface area contributed by atoms with Crippen molar-refractivity contribution in [3.63, 3.8) is 0 Å². The second-order valence-electron chi connectivity index (χ2n) is 5.38. The molecule has 0 saturated carbocycles. The van der Waals surface area contributed by atoms with E-state index in [2.05, 4.69) is 15.6 Å². The van der Waals surface area contributed by atoms with E-state index in [-0.39, 0.29) is 37.0 Å². The molecule has 134 valence electrons.